The first-order chi connectivity index (χ1) is 10.1. The van der Waals surface area contributed by atoms with Gasteiger partial charge in [0.1, 0.15) is 10.7 Å². The van der Waals surface area contributed by atoms with E-state index in [1.54, 1.807) is 31.2 Å². The number of ether oxygens (including phenoxy) is 1. The second-order valence-electron chi connectivity index (χ2n) is 4.12. The molecule has 1 N–H and O–H groups in total. The molecular weight excluding hydrogens is 276 g/mol. The van der Waals surface area contributed by atoms with Crippen LogP contribution in [-0.2, 0) is 11.3 Å². The lowest BCUT2D eigenvalue weighted by molar-refractivity contribution is -0.402. The minimum atomic E-state index is -0.601. The van der Waals surface area contributed by atoms with Gasteiger partial charge in [-0.2, -0.15) is 0 Å². The number of anilines is 1. The molecule has 0 aliphatic carbocycles. The number of benzene rings is 1. The summed E-state index contributed by atoms with van der Waals surface area (Å²) in [5.41, 5.74) is 0.982. The fraction of sp³-hybridized carbons (Fsp3) is 0.214. The van der Waals surface area contributed by atoms with E-state index in [1.165, 1.54) is 12.1 Å². The SMILES string of the molecule is CCOC(=O)c1ccccc1NCc1ccc([N+](=O)[O-])o1. The molecule has 7 heteroatoms. The van der Waals surface area contributed by atoms with Crippen molar-refractivity contribution in [3.05, 3.63) is 57.8 Å². The molecule has 1 heterocycles. The number of carbonyl (C=O) groups excluding carboxylic acids is 1. The Morgan fingerprint density at radius 1 is 1.33 bits per heavy atom. The lowest BCUT2D eigenvalue weighted by Crippen LogP contribution is -2.09. The summed E-state index contributed by atoms with van der Waals surface area (Å²) < 4.78 is 10.0. The first-order valence-electron chi connectivity index (χ1n) is 6.35. The molecule has 1 aromatic carbocycles. The van der Waals surface area contributed by atoms with E-state index in [9.17, 15) is 14.9 Å². The second kappa shape index (κ2) is 6.56. The molecule has 0 aliphatic rings. The Morgan fingerprint density at radius 3 is 2.76 bits per heavy atom. The Labute approximate surface area is 120 Å². The molecule has 0 saturated heterocycles. The fourth-order valence-corrected chi connectivity index (χ4v) is 1.77. The number of nitrogens with zero attached hydrogens (tertiary/aromatic N) is 1. The van der Waals surface area contributed by atoms with Crippen molar-refractivity contribution >= 4 is 17.5 Å². The van der Waals surface area contributed by atoms with E-state index in [1.807, 2.05) is 0 Å². The number of nitrogens with one attached hydrogen (secondary N) is 1. The van der Waals surface area contributed by atoms with Crippen molar-refractivity contribution in [3.8, 4) is 0 Å². The van der Waals surface area contributed by atoms with Crippen LogP contribution in [-0.4, -0.2) is 17.5 Å². The number of para-hydroxylation sites is 1. The van der Waals surface area contributed by atoms with Gasteiger partial charge in [-0.25, -0.2) is 4.79 Å². The quantitative estimate of drug-likeness (QED) is 0.499. The lowest BCUT2D eigenvalue weighted by Gasteiger charge is -2.09. The van der Waals surface area contributed by atoms with Gasteiger partial charge in [0.05, 0.1) is 24.8 Å². The van der Waals surface area contributed by atoms with Gasteiger partial charge < -0.3 is 14.5 Å². The summed E-state index contributed by atoms with van der Waals surface area (Å²) in [4.78, 5) is 21.7. The molecule has 0 radical (unpaired) electrons. The van der Waals surface area contributed by atoms with Crippen LogP contribution >= 0.6 is 0 Å². The van der Waals surface area contributed by atoms with Crippen molar-refractivity contribution in [1.82, 2.24) is 0 Å². The highest BCUT2D eigenvalue weighted by atomic mass is 16.6. The fourth-order valence-electron chi connectivity index (χ4n) is 1.77. The average molecular weight is 290 g/mol. The van der Waals surface area contributed by atoms with Crippen LogP contribution in [0.15, 0.2) is 40.8 Å². The van der Waals surface area contributed by atoms with Crippen LogP contribution < -0.4 is 5.32 Å². The van der Waals surface area contributed by atoms with E-state index in [0.717, 1.165) is 0 Å². The van der Waals surface area contributed by atoms with Gasteiger partial charge in [0.25, 0.3) is 0 Å². The zero-order chi connectivity index (χ0) is 15.2. The van der Waals surface area contributed by atoms with Crippen molar-refractivity contribution < 1.29 is 18.9 Å². The summed E-state index contributed by atoms with van der Waals surface area (Å²) in [6.07, 6.45) is 0. The summed E-state index contributed by atoms with van der Waals surface area (Å²) in [6, 6.07) is 9.67. The van der Waals surface area contributed by atoms with Crippen LogP contribution in [0.3, 0.4) is 0 Å². The molecule has 7 nitrogen and oxygen atoms in total. The normalized spacial score (nSPS) is 10.1. The Balaban J connectivity index is 2.09. The molecular formula is C14H14N2O5. The highest BCUT2D eigenvalue weighted by Gasteiger charge is 2.14. The van der Waals surface area contributed by atoms with Crippen LogP contribution in [0.2, 0.25) is 0 Å². The molecule has 0 unspecified atom stereocenters. The largest absolute Gasteiger partial charge is 0.462 e. The predicted octanol–water partition coefficient (Wildman–Crippen LogP) is 2.98. The van der Waals surface area contributed by atoms with E-state index in [2.05, 4.69) is 5.32 Å². The molecule has 0 saturated carbocycles. The van der Waals surface area contributed by atoms with Crippen molar-refractivity contribution in [1.29, 1.82) is 0 Å². The maximum atomic E-state index is 11.8. The standard InChI is InChI=1S/C14H14N2O5/c1-2-20-14(17)11-5-3-4-6-12(11)15-9-10-7-8-13(21-10)16(18)19/h3-8,15H,2,9H2,1H3. The van der Waals surface area contributed by atoms with Gasteiger partial charge in [-0.15, -0.1) is 0 Å². The van der Waals surface area contributed by atoms with E-state index < -0.39 is 10.9 Å². The number of hydrogen-bond acceptors (Lipinski definition) is 6. The highest BCUT2D eigenvalue weighted by Crippen LogP contribution is 2.20. The van der Waals surface area contributed by atoms with Crippen LogP contribution in [0.25, 0.3) is 0 Å². The van der Waals surface area contributed by atoms with Gasteiger partial charge in [-0.1, -0.05) is 12.1 Å². The third-order valence-electron chi connectivity index (χ3n) is 2.70. The van der Waals surface area contributed by atoms with Crippen LogP contribution in [0, 0.1) is 10.1 Å². The molecule has 0 fully saturated rings. The maximum Gasteiger partial charge on any atom is 0.433 e. The van der Waals surface area contributed by atoms with Gasteiger partial charge in [-0.05, 0) is 25.1 Å². The Morgan fingerprint density at radius 2 is 2.10 bits per heavy atom. The summed E-state index contributed by atoms with van der Waals surface area (Å²) in [5, 5.41) is 13.5. The molecule has 0 bridgehead atoms. The Bertz CT molecular complexity index is 650. The zero-order valence-electron chi connectivity index (χ0n) is 11.4. The van der Waals surface area contributed by atoms with E-state index in [-0.39, 0.29) is 19.0 Å². The van der Waals surface area contributed by atoms with Crippen LogP contribution in [0.5, 0.6) is 0 Å². The topological polar surface area (TPSA) is 94.6 Å². The third kappa shape index (κ3) is 3.59. The second-order valence-corrected chi connectivity index (χ2v) is 4.12. The minimum absolute atomic E-state index is 0.226. The Kier molecular flexibility index (Phi) is 4.55. The van der Waals surface area contributed by atoms with Gasteiger partial charge >= 0.3 is 11.9 Å². The molecule has 21 heavy (non-hydrogen) atoms. The molecule has 110 valence electrons. The van der Waals surface area contributed by atoms with Crippen molar-refractivity contribution in [2.75, 3.05) is 11.9 Å². The van der Waals surface area contributed by atoms with Crippen LogP contribution in [0.1, 0.15) is 23.0 Å². The summed E-state index contributed by atoms with van der Waals surface area (Å²) in [7, 11) is 0. The Hall–Kier alpha value is -2.83. The summed E-state index contributed by atoms with van der Waals surface area (Å²) in [6.45, 7) is 2.25. The van der Waals surface area contributed by atoms with Crippen molar-refractivity contribution in [2.24, 2.45) is 0 Å². The monoisotopic (exact) mass is 290 g/mol. The van der Waals surface area contributed by atoms with Crippen LogP contribution in [0.4, 0.5) is 11.6 Å². The molecule has 1 aromatic heterocycles. The molecule has 0 atom stereocenters. The third-order valence-corrected chi connectivity index (χ3v) is 2.70. The number of rotatable bonds is 6. The minimum Gasteiger partial charge on any atom is -0.462 e. The summed E-state index contributed by atoms with van der Waals surface area (Å²) in [5.74, 6) is -0.336. The van der Waals surface area contributed by atoms with Gasteiger partial charge in [-0.3, -0.25) is 10.1 Å². The molecule has 0 amide bonds. The van der Waals surface area contributed by atoms with Gasteiger partial charge in [0, 0.05) is 5.69 Å². The van der Waals surface area contributed by atoms with E-state index >= 15 is 0 Å². The lowest BCUT2D eigenvalue weighted by atomic mass is 10.2. The average Bonchev–Trinajstić information content (AvgIpc) is 2.95. The van der Waals surface area contributed by atoms with E-state index in [0.29, 0.717) is 17.0 Å². The maximum absolute atomic E-state index is 11.8. The first-order valence-corrected chi connectivity index (χ1v) is 6.35. The number of carbonyl (C=O) groups is 1. The van der Waals surface area contributed by atoms with Crippen molar-refractivity contribution in [2.45, 2.75) is 13.5 Å². The number of furan rings is 1. The first kappa shape index (κ1) is 14.6. The molecule has 0 spiro atoms. The predicted molar refractivity (Wildman–Crippen MR) is 75.1 cm³/mol. The number of hydrogen-bond donors (Lipinski definition) is 1. The smallest absolute Gasteiger partial charge is 0.433 e. The van der Waals surface area contributed by atoms with Gasteiger partial charge in [0.15, 0.2) is 0 Å². The summed E-state index contributed by atoms with van der Waals surface area (Å²) >= 11 is 0. The molecule has 2 rings (SSSR count). The molecule has 0 aliphatic heterocycles. The number of esters is 1. The van der Waals surface area contributed by atoms with E-state index in [4.69, 9.17) is 9.15 Å². The number of nitro groups is 1. The zero-order valence-corrected chi connectivity index (χ0v) is 11.4. The molecule has 2 aromatic rings. The van der Waals surface area contributed by atoms with Gasteiger partial charge in [0.2, 0.25) is 0 Å². The highest BCUT2D eigenvalue weighted by molar-refractivity contribution is 5.95. The van der Waals surface area contributed by atoms with Crippen molar-refractivity contribution in [3.63, 3.8) is 0 Å².